The Kier molecular flexibility index (Phi) is 8.76. The third kappa shape index (κ3) is 6.47. The number of rotatable bonds is 9. The van der Waals surface area contributed by atoms with E-state index in [9.17, 15) is 10.1 Å². The number of nitrogens with one attached hydrogen (secondary N) is 1. The van der Waals surface area contributed by atoms with Crippen molar-refractivity contribution in [1.82, 2.24) is 24.8 Å². The number of hydrogen-bond donors (Lipinski definition) is 1. The normalized spacial score (nSPS) is 18.3. The van der Waals surface area contributed by atoms with Gasteiger partial charge < -0.3 is 19.7 Å². The number of aromatic nitrogens is 3. The van der Waals surface area contributed by atoms with E-state index >= 15 is 0 Å². The summed E-state index contributed by atoms with van der Waals surface area (Å²) in [7, 11) is 0. The fourth-order valence-corrected chi connectivity index (χ4v) is 5.33. The standard InChI is InChI=1S/C31H41N7O3/c1-22(2)23(3)35-30(39)31(4)7-9-37(10-8-31)28-6-5-24(19-33-28)27-17-26(21-38-29(27)25(18-32)20-34-38)41-16-13-36-11-14-40-15-12-36/h5-6,17,19-23H,7-16H2,1-4H3,(H,35,39). The number of fused-ring (bicyclic) bond motifs is 1. The van der Waals surface area contributed by atoms with Gasteiger partial charge >= 0.3 is 0 Å². The van der Waals surface area contributed by atoms with Gasteiger partial charge in [0.2, 0.25) is 5.91 Å². The molecule has 0 aromatic carbocycles. The number of anilines is 1. The molecule has 2 fully saturated rings. The number of carbonyl (C=O) groups is 1. The van der Waals surface area contributed by atoms with Crippen LogP contribution in [0.15, 0.2) is 36.8 Å². The molecule has 41 heavy (non-hydrogen) atoms. The van der Waals surface area contributed by atoms with Crippen LogP contribution in [0.2, 0.25) is 0 Å². The third-order valence-electron chi connectivity index (χ3n) is 8.64. The Labute approximate surface area is 242 Å². The van der Waals surface area contributed by atoms with Gasteiger partial charge in [-0.2, -0.15) is 10.4 Å². The highest BCUT2D eigenvalue weighted by molar-refractivity contribution is 5.85. The van der Waals surface area contributed by atoms with Crippen molar-refractivity contribution in [2.24, 2.45) is 11.3 Å². The quantitative estimate of drug-likeness (QED) is 0.423. The van der Waals surface area contributed by atoms with Gasteiger partial charge in [-0.15, -0.1) is 0 Å². The minimum atomic E-state index is -0.372. The van der Waals surface area contributed by atoms with E-state index in [-0.39, 0.29) is 17.4 Å². The monoisotopic (exact) mass is 559 g/mol. The second kappa shape index (κ2) is 12.5. The first-order valence-corrected chi connectivity index (χ1v) is 14.6. The molecule has 3 aromatic heterocycles. The van der Waals surface area contributed by atoms with E-state index in [2.05, 4.69) is 54.0 Å². The summed E-state index contributed by atoms with van der Waals surface area (Å²) in [5, 5.41) is 17.3. The Balaban J connectivity index is 1.29. The molecule has 3 aromatic rings. The zero-order valence-electron chi connectivity index (χ0n) is 24.6. The lowest BCUT2D eigenvalue weighted by molar-refractivity contribution is -0.132. The zero-order valence-corrected chi connectivity index (χ0v) is 24.6. The molecule has 10 nitrogen and oxygen atoms in total. The van der Waals surface area contributed by atoms with Crippen molar-refractivity contribution >= 4 is 17.2 Å². The van der Waals surface area contributed by atoms with Crippen LogP contribution >= 0.6 is 0 Å². The van der Waals surface area contributed by atoms with Gasteiger partial charge in [-0.25, -0.2) is 9.50 Å². The van der Waals surface area contributed by atoms with Crippen LogP contribution in [0.1, 0.15) is 46.1 Å². The Bertz CT molecular complexity index is 1380. The minimum Gasteiger partial charge on any atom is -0.491 e. The van der Waals surface area contributed by atoms with E-state index in [1.54, 1.807) is 10.7 Å². The topological polar surface area (TPSA) is 108 Å². The lowest BCUT2D eigenvalue weighted by Crippen LogP contribution is -2.50. The Morgan fingerprint density at radius 2 is 1.93 bits per heavy atom. The number of nitrogens with zero attached hydrogens (tertiary/aromatic N) is 6. The van der Waals surface area contributed by atoms with Crippen LogP contribution in [0, 0.1) is 22.7 Å². The molecule has 1 atom stereocenters. The average molecular weight is 560 g/mol. The van der Waals surface area contributed by atoms with Gasteiger partial charge in [-0.3, -0.25) is 9.69 Å². The predicted molar refractivity (Wildman–Crippen MR) is 158 cm³/mol. The van der Waals surface area contributed by atoms with E-state index in [0.29, 0.717) is 23.8 Å². The Hall–Kier alpha value is -3.68. The van der Waals surface area contributed by atoms with E-state index in [4.69, 9.17) is 14.5 Å². The number of ether oxygens (including phenoxy) is 2. The van der Waals surface area contributed by atoms with Gasteiger partial charge in [0.25, 0.3) is 0 Å². The molecule has 2 aliphatic heterocycles. The third-order valence-corrected chi connectivity index (χ3v) is 8.64. The molecule has 2 aliphatic rings. The first kappa shape index (κ1) is 28.8. The highest BCUT2D eigenvalue weighted by atomic mass is 16.5. The Morgan fingerprint density at radius 3 is 2.59 bits per heavy atom. The number of nitriles is 1. The van der Waals surface area contributed by atoms with Gasteiger partial charge in [0, 0.05) is 61.5 Å². The second-order valence-electron chi connectivity index (χ2n) is 11.8. The fourth-order valence-electron chi connectivity index (χ4n) is 5.33. The van der Waals surface area contributed by atoms with Gasteiger partial charge in [0.05, 0.1) is 36.7 Å². The molecule has 1 amide bonds. The Morgan fingerprint density at radius 1 is 1.17 bits per heavy atom. The molecule has 5 rings (SSSR count). The maximum atomic E-state index is 13.0. The van der Waals surface area contributed by atoms with Crippen LogP contribution in [-0.2, 0) is 9.53 Å². The van der Waals surface area contributed by atoms with Crippen molar-refractivity contribution in [2.45, 2.75) is 46.6 Å². The fraction of sp³-hybridized carbons (Fsp3) is 0.548. The number of morpholine rings is 1. The summed E-state index contributed by atoms with van der Waals surface area (Å²) in [6, 6.07) is 8.44. The molecule has 218 valence electrons. The first-order chi connectivity index (χ1) is 19.8. The molecule has 1 N–H and O–H groups in total. The van der Waals surface area contributed by atoms with Crippen LogP contribution in [-0.4, -0.2) is 84.0 Å². The van der Waals surface area contributed by atoms with Gasteiger partial charge in [0.15, 0.2) is 0 Å². The maximum absolute atomic E-state index is 13.0. The molecule has 0 bridgehead atoms. The summed E-state index contributed by atoms with van der Waals surface area (Å²) in [5.74, 6) is 2.13. The lowest BCUT2D eigenvalue weighted by atomic mass is 9.79. The average Bonchev–Trinajstić information content (AvgIpc) is 3.41. The molecular weight excluding hydrogens is 518 g/mol. The lowest BCUT2D eigenvalue weighted by Gasteiger charge is -2.39. The molecular formula is C31H41N7O3. The van der Waals surface area contributed by atoms with E-state index in [0.717, 1.165) is 81.2 Å². The number of carbonyl (C=O) groups excluding carboxylic acids is 1. The molecule has 0 radical (unpaired) electrons. The highest BCUT2D eigenvalue weighted by Gasteiger charge is 2.37. The van der Waals surface area contributed by atoms with E-state index in [1.165, 1.54) is 0 Å². The first-order valence-electron chi connectivity index (χ1n) is 14.6. The van der Waals surface area contributed by atoms with Crippen molar-refractivity contribution in [3.8, 4) is 22.9 Å². The van der Waals surface area contributed by atoms with Crippen molar-refractivity contribution in [2.75, 3.05) is 57.4 Å². The minimum absolute atomic E-state index is 0.145. The predicted octanol–water partition coefficient (Wildman–Crippen LogP) is 3.75. The van der Waals surface area contributed by atoms with Crippen molar-refractivity contribution in [3.05, 3.63) is 42.4 Å². The SMILES string of the molecule is CC(C)C(C)NC(=O)C1(C)CCN(c2ccc(-c3cc(OCCN4CCOCC4)cn4ncc(C#N)c34)cn2)CC1. The van der Waals surface area contributed by atoms with Gasteiger partial charge in [-0.1, -0.05) is 20.8 Å². The van der Waals surface area contributed by atoms with Crippen LogP contribution in [0.25, 0.3) is 16.6 Å². The van der Waals surface area contributed by atoms with Crippen LogP contribution in [0.3, 0.4) is 0 Å². The smallest absolute Gasteiger partial charge is 0.226 e. The van der Waals surface area contributed by atoms with E-state index < -0.39 is 0 Å². The van der Waals surface area contributed by atoms with Crippen molar-refractivity contribution in [1.29, 1.82) is 5.26 Å². The molecule has 0 spiro atoms. The summed E-state index contributed by atoms with van der Waals surface area (Å²) >= 11 is 0. The molecule has 1 unspecified atom stereocenters. The number of hydrogen-bond acceptors (Lipinski definition) is 8. The summed E-state index contributed by atoms with van der Waals surface area (Å²) in [6.45, 7) is 14.6. The van der Waals surface area contributed by atoms with Crippen LogP contribution < -0.4 is 15.0 Å². The van der Waals surface area contributed by atoms with Gasteiger partial charge in [-0.05, 0) is 43.9 Å². The summed E-state index contributed by atoms with van der Waals surface area (Å²) in [5.41, 5.74) is 2.60. The molecule has 2 saturated heterocycles. The second-order valence-corrected chi connectivity index (χ2v) is 11.8. The van der Waals surface area contributed by atoms with Crippen LogP contribution in [0.5, 0.6) is 5.75 Å². The zero-order chi connectivity index (χ0) is 29.0. The summed E-state index contributed by atoms with van der Waals surface area (Å²) < 4.78 is 13.3. The number of amides is 1. The van der Waals surface area contributed by atoms with Gasteiger partial charge in [0.1, 0.15) is 24.2 Å². The maximum Gasteiger partial charge on any atom is 0.226 e. The molecule has 0 saturated carbocycles. The van der Waals surface area contributed by atoms with Crippen molar-refractivity contribution in [3.63, 3.8) is 0 Å². The number of pyridine rings is 2. The largest absolute Gasteiger partial charge is 0.491 e. The van der Waals surface area contributed by atoms with Crippen LogP contribution in [0.4, 0.5) is 5.82 Å². The molecule has 10 heteroatoms. The summed E-state index contributed by atoms with van der Waals surface area (Å²) in [6.07, 6.45) is 6.81. The van der Waals surface area contributed by atoms with Crippen molar-refractivity contribution < 1.29 is 14.3 Å². The number of piperidine rings is 1. The molecule has 0 aliphatic carbocycles. The summed E-state index contributed by atoms with van der Waals surface area (Å²) in [4.78, 5) is 22.4. The molecule has 5 heterocycles. The highest BCUT2D eigenvalue weighted by Crippen LogP contribution is 2.35. The van der Waals surface area contributed by atoms with E-state index in [1.807, 2.05) is 30.6 Å².